The third-order valence-corrected chi connectivity index (χ3v) is 4.26. The summed E-state index contributed by atoms with van der Waals surface area (Å²) in [7, 11) is 0. The molecule has 2 N–H and O–H groups in total. The molecular formula is C15H17ClN2O. The smallest absolute Gasteiger partial charge is 0.138 e. The van der Waals surface area contributed by atoms with Gasteiger partial charge < -0.3 is 10.1 Å². The second-order valence-corrected chi connectivity index (χ2v) is 5.75. The number of rotatable bonds is 2. The SMILES string of the molecule is O[C@]1(c2ncc[nH]2)CCC[C@@H](c2ccc(Cl)cc2)C1. The Morgan fingerprint density at radius 1 is 1.32 bits per heavy atom. The molecule has 1 heterocycles. The predicted octanol–water partition coefficient (Wildman–Crippen LogP) is 3.61. The lowest BCUT2D eigenvalue weighted by Gasteiger charge is -2.35. The summed E-state index contributed by atoms with van der Waals surface area (Å²) in [6.45, 7) is 0. The van der Waals surface area contributed by atoms with E-state index >= 15 is 0 Å². The number of nitrogens with zero attached hydrogens (tertiary/aromatic N) is 1. The Labute approximate surface area is 117 Å². The van der Waals surface area contributed by atoms with Gasteiger partial charge in [-0.05, 0) is 49.3 Å². The van der Waals surface area contributed by atoms with Gasteiger partial charge in [0.2, 0.25) is 0 Å². The molecule has 2 aromatic rings. The molecule has 0 spiro atoms. The van der Waals surface area contributed by atoms with Crippen molar-refractivity contribution < 1.29 is 5.11 Å². The summed E-state index contributed by atoms with van der Waals surface area (Å²) in [6, 6.07) is 7.94. The molecule has 1 aromatic heterocycles. The molecule has 1 saturated carbocycles. The number of benzene rings is 1. The topological polar surface area (TPSA) is 48.9 Å². The molecule has 0 unspecified atom stereocenters. The summed E-state index contributed by atoms with van der Waals surface area (Å²) >= 11 is 5.92. The number of aromatic nitrogens is 2. The van der Waals surface area contributed by atoms with Gasteiger partial charge in [0.1, 0.15) is 11.4 Å². The fourth-order valence-electron chi connectivity index (χ4n) is 3.01. The number of aliphatic hydroxyl groups is 1. The maximum atomic E-state index is 10.8. The van der Waals surface area contributed by atoms with E-state index < -0.39 is 5.60 Å². The molecule has 2 atom stereocenters. The first-order valence-electron chi connectivity index (χ1n) is 6.65. The van der Waals surface area contributed by atoms with E-state index in [0.717, 1.165) is 24.3 Å². The number of hydrogen-bond acceptors (Lipinski definition) is 2. The molecule has 3 nitrogen and oxygen atoms in total. The molecule has 100 valence electrons. The monoisotopic (exact) mass is 276 g/mol. The second kappa shape index (κ2) is 4.99. The first-order chi connectivity index (χ1) is 9.17. The number of imidazole rings is 1. The Balaban J connectivity index is 1.83. The normalized spacial score (nSPS) is 27.4. The van der Waals surface area contributed by atoms with Crippen LogP contribution in [0, 0.1) is 0 Å². The Kier molecular flexibility index (Phi) is 3.33. The van der Waals surface area contributed by atoms with Crippen molar-refractivity contribution in [3.63, 3.8) is 0 Å². The first-order valence-corrected chi connectivity index (χ1v) is 7.03. The number of aromatic amines is 1. The highest BCUT2D eigenvalue weighted by atomic mass is 35.5. The van der Waals surface area contributed by atoms with Gasteiger partial charge in [-0.2, -0.15) is 0 Å². The van der Waals surface area contributed by atoms with Gasteiger partial charge in [-0.15, -0.1) is 0 Å². The summed E-state index contributed by atoms with van der Waals surface area (Å²) in [5.74, 6) is 1.05. The summed E-state index contributed by atoms with van der Waals surface area (Å²) < 4.78 is 0. The van der Waals surface area contributed by atoms with Crippen molar-refractivity contribution in [2.24, 2.45) is 0 Å². The van der Waals surface area contributed by atoms with Gasteiger partial charge in [-0.3, -0.25) is 0 Å². The highest BCUT2D eigenvalue weighted by Crippen LogP contribution is 2.43. The van der Waals surface area contributed by atoms with Crippen LogP contribution >= 0.6 is 11.6 Å². The molecule has 0 aliphatic heterocycles. The van der Waals surface area contributed by atoms with E-state index in [0.29, 0.717) is 18.2 Å². The number of nitrogens with one attached hydrogen (secondary N) is 1. The van der Waals surface area contributed by atoms with Crippen LogP contribution in [-0.4, -0.2) is 15.1 Å². The molecule has 1 aliphatic rings. The zero-order valence-corrected chi connectivity index (χ0v) is 11.4. The highest BCUT2D eigenvalue weighted by molar-refractivity contribution is 6.30. The van der Waals surface area contributed by atoms with Crippen molar-refractivity contribution in [3.05, 3.63) is 53.1 Å². The van der Waals surface area contributed by atoms with Crippen LogP contribution in [0.3, 0.4) is 0 Å². The quantitative estimate of drug-likeness (QED) is 0.880. The second-order valence-electron chi connectivity index (χ2n) is 5.31. The van der Waals surface area contributed by atoms with Crippen molar-refractivity contribution in [1.29, 1.82) is 0 Å². The van der Waals surface area contributed by atoms with Gasteiger partial charge >= 0.3 is 0 Å². The lowest BCUT2D eigenvalue weighted by Crippen LogP contribution is -2.33. The minimum atomic E-state index is -0.827. The third kappa shape index (κ3) is 2.53. The molecule has 1 aliphatic carbocycles. The average molecular weight is 277 g/mol. The summed E-state index contributed by atoms with van der Waals surface area (Å²) in [5, 5.41) is 11.5. The van der Waals surface area contributed by atoms with E-state index in [-0.39, 0.29) is 0 Å². The third-order valence-electron chi connectivity index (χ3n) is 4.01. The molecule has 3 rings (SSSR count). The van der Waals surface area contributed by atoms with E-state index in [1.807, 2.05) is 12.1 Å². The van der Waals surface area contributed by atoms with Crippen molar-refractivity contribution >= 4 is 11.6 Å². The number of hydrogen-bond donors (Lipinski definition) is 2. The molecule has 19 heavy (non-hydrogen) atoms. The fourth-order valence-corrected chi connectivity index (χ4v) is 3.13. The summed E-state index contributed by atoms with van der Waals surface area (Å²) in [6.07, 6.45) is 7.04. The molecule has 0 radical (unpaired) electrons. The van der Waals surface area contributed by atoms with E-state index in [1.54, 1.807) is 12.4 Å². The van der Waals surface area contributed by atoms with Crippen LogP contribution in [0.5, 0.6) is 0 Å². The lowest BCUT2D eigenvalue weighted by atomic mass is 9.75. The minimum absolute atomic E-state index is 0.362. The van der Waals surface area contributed by atoms with E-state index in [1.165, 1.54) is 5.56 Å². The molecule has 0 amide bonds. The van der Waals surface area contributed by atoms with Gasteiger partial charge in [-0.25, -0.2) is 4.98 Å². The molecule has 1 fully saturated rings. The van der Waals surface area contributed by atoms with E-state index in [2.05, 4.69) is 22.1 Å². The van der Waals surface area contributed by atoms with Gasteiger partial charge in [-0.1, -0.05) is 23.7 Å². The zero-order chi connectivity index (χ0) is 13.3. The van der Waals surface area contributed by atoms with Crippen LogP contribution in [0.25, 0.3) is 0 Å². The standard InChI is InChI=1S/C15H17ClN2O/c16-13-5-3-11(4-6-13)12-2-1-7-15(19,10-12)14-17-8-9-18-14/h3-6,8-9,12,19H,1-2,7,10H2,(H,17,18)/t12-,15-/m1/s1. The van der Waals surface area contributed by atoms with Crippen LogP contribution in [0.4, 0.5) is 0 Å². The van der Waals surface area contributed by atoms with Crippen molar-refractivity contribution in [1.82, 2.24) is 9.97 Å². The van der Waals surface area contributed by atoms with Gasteiger partial charge in [0.05, 0.1) is 0 Å². The first kappa shape index (κ1) is 12.7. The summed E-state index contributed by atoms with van der Waals surface area (Å²) in [5.41, 5.74) is 0.417. The Morgan fingerprint density at radius 3 is 2.79 bits per heavy atom. The van der Waals surface area contributed by atoms with Crippen LogP contribution in [0.2, 0.25) is 5.02 Å². The average Bonchev–Trinajstić information content (AvgIpc) is 2.94. The number of halogens is 1. The highest BCUT2D eigenvalue weighted by Gasteiger charge is 2.38. The molecule has 0 saturated heterocycles. The van der Waals surface area contributed by atoms with Gasteiger partial charge in [0, 0.05) is 17.4 Å². The van der Waals surface area contributed by atoms with Crippen LogP contribution in [-0.2, 0) is 5.60 Å². The lowest BCUT2D eigenvalue weighted by molar-refractivity contribution is -0.0157. The largest absolute Gasteiger partial charge is 0.382 e. The number of H-pyrrole nitrogens is 1. The van der Waals surface area contributed by atoms with Gasteiger partial charge in [0.25, 0.3) is 0 Å². The van der Waals surface area contributed by atoms with Crippen molar-refractivity contribution in [2.45, 2.75) is 37.2 Å². The Hall–Kier alpha value is -1.32. The van der Waals surface area contributed by atoms with Crippen molar-refractivity contribution in [3.8, 4) is 0 Å². The maximum Gasteiger partial charge on any atom is 0.138 e. The minimum Gasteiger partial charge on any atom is -0.382 e. The molecule has 0 bridgehead atoms. The van der Waals surface area contributed by atoms with Crippen LogP contribution < -0.4 is 0 Å². The Bertz CT molecular complexity index is 538. The van der Waals surface area contributed by atoms with Gasteiger partial charge in [0.15, 0.2) is 0 Å². The maximum absolute atomic E-state index is 10.8. The molecular weight excluding hydrogens is 260 g/mol. The van der Waals surface area contributed by atoms with Crippen LogP contribution in [0.1, 0.15) is 43.0 Å². The molecule has 1 aromatic carbocycles. The van der Waals surface area contributed by atoms with Crippen LogP contribution in [0.15, 0.2) is 36.7 Å². The van der Waals surface area contributed by atoms with E-state index in [4.69, 9.17) is 11.6 Å². The molecule has 4 heteroatoms. The zero-order valence-electron chi connectivity index (χ0n) is 10.6. The summed E-state index contributed by atoms with van der Waals surface area (Å²) in [4.78, 5) is 7.27. The van der Waals surface area contributed by atoms with Crippen molar-refractivity contribution in [2.75, 3.05) is 0 Å². The van der Waals surface area contributed by atoms with E-state index in [9.17, 15) is 5.11 Å². The predicted molar refractivity (Wildman–Crippen MR) is 75.1 cm³/mol. The fraction of sp³-hybridized carbons (Fsp3) is 0.400. The Morgan fingerprint density at radius 2 is 2.11 bits per heavy atom.